The highest BCUT2D eigenvalue weighted by Crippen LogP contribution is 2.20. The Morgan fingerprint density at radius 3 is 3.05 bits per heavy atom. The third-order valence-corrected chi connectivity index (χ3v) is 4.38. The Morgan fingerprint density at radius 2 is 2.24 bits per heavy atom. The molecule has 0 aliphatic carbocycles. The minimum absolute atomic E-state index is 0.00386. The molecule has 0 saturated carbocycles. The Bertz CT molecular complexity index is 789. The summed E-state index contributed by atoms with van der Waals surface area (Å²) in [6.07, 6.45) is 6.87. The first kappa shape index (κ1) is 13.8. The molecule has 3 heterocycles. The molecule has 0 bridgehead atoms. The number of hydrogen-bond donors (Lipinski definition) is 2. The Kier molecular flexibility index (Phi) is 4.01. The van der Waals surface area contributed by atoms with Gasteiger partial charge < -0.3 is 10.1 Å². The van der Waals surface area contributed by atoms with E-state index in [0.717, 1.165) is 29.3 Å². The maximum absolute atomic E-state index is 11.4. The summed E-state index contributed by atoms with van der Waals surface area (Å²) in [5.74, 6) is 0.952. The van der Waals surface area contributed by atoms with Crippen molar-refractivity contribution in [1.82, 2.24) is 18.9 Å². The van der Waals surface area contributed by atoms with E-state index in [1.54, 1.807) is 18.0 Å². The van der Waals surface area contributed by atoms with Gasteiger partial charge in [-0.05, 0) is 30.7 Å². The fourth-order valence-corrected chi connectivity index (χ4v) is 3.22. The maximum atomic E-state index is 11.4. The number of fused-ring (bicyclic) bond motifs is 1. The van der Waals surface area contributed by atoms with Gasteiger partial charge in [-0.1, -0.05) is 6.07 Å². The van der Waals surface area contributed by atoms with Crippen LogP contribution in [0.3, 0.4) is 0 Å². The average molecular weight is 304 g/mol. The first-order valence-electron chi connectivity index (χ1n) is 6.78. The predicted molar refractivity (Wildman–Crippen MR) is 81.9 cm³/mol. The molecule has 6 nitrogen and oxygen atoms in total. The summed E-state index contributed by atoms with van der Waals surface area (Å²) in [6, 6.07) is 6.05. The van der Waals surface area contributed by atoms with Crippen LogP contribution in [0.2, 0.25) is 0 Å². The number of unbranched alkanes of at least 4 members (excludes halogenated alkanes) is 1. The predicted octanol–water partition coefficient (Wildman–Crippen LogP) is 2.10. The van der Waals surface area contributed by atoms with Crippen LogP contribution < -0.4 is 5.69 Å². The van der Waals surface area contributed by atoms with Gasteiger partial charge in [0.1, 0.15) is 5.65 Å². The maximum Gasteiger partial charge on any atom is 0.328 e. The van der Waals surface area contributed by atoms with Crippen LogP contribution in [0.25, 0.3) is 5.65 Å². The molecule has 0 amide bonds. The molecule has 0 atom stereocenters. The molecule has 7 heteroatoms. The zero-order valence-corrected chi connectivity index (χ0v) is 12.2. The Labute approximate surface area is 125 Å². The number of nitrogens with one attached hydrogen (secondary N) is 1. The van der Waals surface area contributed by atoms with Crippen molar-refractivity contribution in [2.75, 3.05) is 5.75 Å². The summed E-state index contributed by atoms with van der Waals surface area (Å²) in [7, 11) is 0. The molecule has 0 fully saturated rings. The first-order chi connectivity index (χ1) is 10.3. The van der Waals surface area contributed by atoms with Crippen molar-refractivity contribution < 1.29 is 5.11 Å². The van der Waals surface area contributed by atoms with Gasteiger partial charge >= 0.3 is 5.69 Å². The number of aromatic amines is 1. The van der Waals surface area contributed by atoms with Crippen LogP contribution in [0.5, 0.6) is 5.88 Å². The van der Waals surface area contributed by atoms with Crippen LogP contribution >= 0.6 is 11.8 Å². The lowest BCUT2D eigenvalue weighted by Crippen LogP contribution is -2.16. The van der Waals surface area contributed by atoms with E-state index in [-0.39, 0.29) is 11.6 Å². The van der Waals surface area contributed by atoms with Gasteiger partial charge in [0.15, 0.2) is 0 Å². The van der Waals surface area contributed by atoms with Gasteiger partial charge in [0, 0.05) is 18.9 Å². The number of rotatable bonds is 6. The molecule has 3 aromatic rings. The quantitative estimate of drug-likeness (QED) is 0.540. The van der Waals surface area contributed by atoms with Crippen molar-refractivity contribution >= 4 is 17.4 Å². The molecular formula is C14H16N4O2S. The first-order valence-corrected chi connectivity index (χ1v) is 7.76. The minimum Gasteiger partial charge on any atom is -0.493 e. The number of nitrogens with zero attached hydrogens (tertiary/aromatic N) is 3. The molecule has 0 aromatic carbocycles. The third-order valence-electron chi connectivity index (χ3n) is 3.26. The highest BCUT2D eigenvalue weighted by Gasteiger charge is 2.04. The summed E-state index contributed by atoms with van der Waals surface area (Å²) in [4.78, 5) is 18.1. The second-order valence-corrected chi connectivity index (χ2v) is 5.79. The van der Waals surface area contributed by atoms with Crippen LogP contribution in [0.4, 0.5) is 0 Å². The number of imidazole rings is 2. The molecule has 0 saturated heterocycles. The molecule has 0 unspecified atom stereocenters. The fraction of sp³-hybridized carbons (Fsp3) is 0.286. The lowest BCUT2D eigenvalue weighted by Gasteiger charge is -2.05. The number of aromatic hydroxyl groups is 1. The van der Waals surface area contributed by atoms with E-state index in [9.17, 15) is 9.90 Å². The summed E-state index contributed by atoms with van der Waals surface area (Å²) in [5, 5.41) is 10.6. The molecule has 0 aliphatic heterocycles. The van der Waals surface area contributed by atoms with Crippen molar-refractivity contribution in [1.29, 1.82) is 0 Å². The molecule has 0 aliphatic rings. The van der Waals surface area contributed by atoms with E-state index in [1.807, 2.05) is 18.3 Å². The van der Waals surface area contributed by atoms with Gasteiger partial charge in [0.2, 0.25) is 5.88 Å². The molecule has 3 aromatic heterocycles. The summed E-state index contributed by atoms with van der Waals surface area (Å²) in [5.41, 5.74) is 0.687. The molecule has 21 heavy (non-hydrogen) atoms. The van der Waals surface area contributed by atoms with Crippen LogP contribution in [0, 0.1) is 0 Å². The number of aromatic nitrogens is 4. The molecule has 110 valence electrons. The summed E-state index contributed by atoms with van der Waals surface area (Å²) < 4.78 is 3.41. The monoisotopic (exact) mass is 304 g/mol. The molecule has 0 spiro atoms. The number of thioether (sulfide) groups is 1. The largest absolute Gasteiger partial charge is 0.493 e. The Morgan fingerprint density at radius 1 is 1.33 bits per heavy atom. The number of H-pyrrole nitrogens is 1. The van der Waals surface area contributed by atoms with Crippen molar-refractivity contribution in [2.45, 2.75) is 24.4 Å². The highest BCUT2D eigenvalue weighted by molar-refractivity contribution is 7.99. The molecule has 0 radical (unpaired) electrons. The van der Waals surface area contributed by atoms with Gasteiger partial charge in [-0.2, -0.15) is 0 Å². The van der Waals surface area contributed by atoms with E-state index in [2.05, 4.69) is 20.4 Å². The van der Waals surface area contributed by atoms with E-state index >= 15 is 0 Å². The highest BCUT2D eigenvalue weighted by atomic mass is 32.2. The SMILES string of the molecule is O=c1[nH]cc(O)n1CCCCSc1cccc2nccn12. The Balaban J connectivity index is 1.51. The standard InChI is InChI=1S/C14H16N4O2S/c19-12-10-16-14(20)18(12)7-1-2-9-21-13-5-3-4-11-15-6-8-17(11)13/h3-6,8,10,19H,1-2,7,9H2,(H,16,20). The van der Waals surface area contributed by atoms with Gasteiger partial charge in [0.05, 0.1) is 11.2 Å². The van der Waals surface area contributed by atoms with E-state index in [4.69, 9.17) is 0 Å². The fourth-order valence-electron chi connectivity index (χ4n) is 2.19. The lowest BCUT2D eigenvalue weighted by molar-refractivity contribution is 0.409. The van der Waals surface area contributed by atoms with Crippen molar-refractivity contribution in [3.63, 3.8) is 0 Å². The Hall–Kier alpha value is -2.15. The smallest absolute Gasteiger partial charge is 0.328 e. The van der Waals surface area contributed by atoms with Crippen molar-refractivity contribution in [3.05, 3.63) is 47.3 Å². The normalized spacial score (nSPS) is 11.2. The minimum atomic E-state index is -0.261. The lowest BCUT2D eigenvalue weighted by atomic mass is 10.3. The van der Waals surface area contributed by atoms with Gasteiger partial charge in [0.25, 0.3) is 0 Å². The van der Waals surface area contributed by atoms with Crippen molar-refractivity contribution in [3.8, 4) is 5.88 Å². The molecule has 3 rings (SSSR count). The third kappa shape index (κ3) is 2.97. The average Bonchev–Trinajstić information content (AvgIpc) is 3.08. The van der Waals surface area contributed by atoms with Crippen LogP contribution in [0.1, 0.15) is 12.8 Å². The summed E-state index contributed by atoms with van der Waals surface area (Å²) >= 11 is 1.77. The number of pyridine rings is 1. The molecular weight excluding hydrogens is 288 g/mol. The summed E-state index contributed by atoms with van der Waals surface area (Å²) in [6.45, 7) is 0.532. The van der Waals surface area contributed by atoms with Crippen molar-refractivity contribution in [2.24, 2.45) is 0 Å². The van der Waals surface area contributed by atoms with Crippen LogP contribution in [0.15, 0.2) is 46.6 Å². The van der Waals surface area contributed by atoms with E-state index in [1.165, 1.54) is 10.8 Å². The number of hydrogen-bond acceptors (Lipinski definition) is 4. The zero-order chi connectivity index (χ0) is 14.7. The topological polar surface area (TPSA) is 75.3 Å². The van der Waals surface area contributed by atoms with Crippen LogP contribution in [-0.4, -0.2) is 29.8 Å². The van der Waals surface area contributed by atoms with Gasteiger partial charge in [-0.15, -0.1) is 11.8 Å². The van der Waals surface area contributed by atoms with E-state index < -0.39 is 0 Å². The van der Waals surface area contributed by atoms with Gasteiger partial charge in [-0.25, -0.2) is 9.78 Å². The second kappa shape index (κ2) is 6.09. The van der Waals surface area contributed by atoms with Crippen LogP contribution in [-0.2, 0) is 6.54 Å². The second-order valence-electron chi connectivity index (χ2n) is 4.68. The van der Waals surface area contributed by atoms with E-state index in [0.29, 0.717) is 6.54 Å². The van der Waals surface area contributed by atoms with Gasteiger partial charge in [-0.3, -0.25) is 8.97 Å². The molecule has 2 N–H and O–H groups in total. The zero-order valence-electron chi connectivity index (χ0n) is 11.4.